The molecular weight excluding hydrogens is 434 g/mol. The van der Waals surface area contributed by atoms with Crippen LogP contribution in [0, 0.1) is 0 Å². The number of carbonyl (C=O) groups is 1. The number of carbonyl (C=O) groups excluding carboxylic acids is 1. The predicted octanol–water partition coefficient (Wildman–Crippen LogP) is 5.67. The van der Waals surface area contributed by atoms with Gasteiger partial charge in [-0.2, -0.15) is 13.9 Å². The summed E-state index contributed by atoms with van der Waals surface area (Å²) in [5.41, 5.74) is 3.10. The minimum absolute atomic E-state index is 0.149. The zero-order valence-electron chi connectivity index (χ0n) is 15.6. The van der Waals surface area contributed by atoms with Crippen molar-refractivity contribution in [2.24, 2.45) is 0 Å². The van der Waals surface area contributed by atoms with Gasteiger partial charge in [-0.25, -0.2) is 4.98 Å². The molecule has 0 aliphatic rings. The highest BCUT2D eigenvalue weighted by atomic mass is 35.5. The number of benzene rings is 1. The molecule has 0 bridgehead atoms. The number of hydrogen-bond acceptors (Lipinski definition) is 5. The van der Waals surface area contributed by atoms with Crippen molar-refractivity contribution in [2.75, 3.05) is 5.32 Å². The zero-order valence-corrected chi connectivity index (χ0v) is 17.2. The fourth-order valence-electron chi connectivity index (χ4n) is 2.81. The molecule has 0 saturated carbocycles. The van der Waals surface area contributed by atoms with E-state index in [1.165, 1.54) is 34.3 Å². The summed E-state index contributed by atoms with van der Waals surface area (Å²) < 4.78 is 33.2. The van der Waals surface area contributed by atoms with Gasteiger partial charge in [0.15, 0.2) is 5.76 Å². The highest BCUT2D eigenvalue weighted by molar-refractivity contribution is 7.13. The third-order valence-corrected chi connectivity index (χ3v) is 5.28. The molecule has 0 fully saturated rings. The van der Waals surface area contributed by atoms with E-state index in [-0.39, 0.29) is 12.2 Å². The Morgan fingerprint density at radius 2 is 2.17 bits per heavy atom. The Hall–Kier alpha value is -3.04. The molecule has 0 saturated heterocycles. The van der Waals surface area contributed by atoms with Crippen LogP contribution in [-0.2, 0) is 12.5 Å². The van der Waals surface area contributed by atoms with Crippen molar-refractivity contribution in [3.8, 4) is 10.4 Å². The molecule has 0 atom stereocenters. The molecule has 1 amide bonds. The third-order valence-electron chi connectivity index (χ3n) is 4.17. The van der Waals surface area contributed by atoms with Crippen molar-refractivity contribution in [3.05, 3.63) is 76.5 Å². The van der Waals surface area contributed by atoms with Crippen LogP contribution in [0.5, 0.6) is 0 Å². The molecule has 1 N–H and O–H groups in total. The first-order chi connectivity index (χ1) is 14.3. The summed E-state index contributed by atoms with van der Waals surface area (Å²) in [6, 6.07) is 9.88. The molecule has 3 aromatic heterocycles. The van der Waals surface area contributed by atoms with Crippen molar-refractivity contribution in [3.63, 3.8) is 0 Å². The van der Waals surface area contributed by atoms with Crippen LogP contribution in [0.15, 0.2) is 58.7 Å². The average Bonchev–Trinajstić information content (AvgIpc) is 3.42. The minimum Gasteiger partial charge on any atom is -0.458 e. The SMILES string of the molecule is CC(F)(F)c1ccc(Cn2cc(NC(=O)c3ncsc3-c3cccc(Cl)c3)cn2)o1. The maximum Gasteiger partial charge on any atom is 0.301 e. The number of anilines is 1. The van der Waals surface area contributed by atoms with Crippen molar-refractivity contribution in [1.29, 1.82) is 0 Å². The molecule has 154 valence electrons. The Labute approximate surface area is 179 Å². The van der Waals surface area contributed by atoms with E-state index in [2.05, 4.69) is 15.4 Å². The number of amides is 1. The van der Waals surface area contributed by atoms with Crippen molar-refractivity contribution in [1.82, 2.24) is 14.8 Å². The maximum atomic E-state index is 13.3. The number of thiazole rings is 1. The largest absolute Gasteiger partial charge is 0.458 e. The quantitative estimate of drug-likeness (QED) is 0.412. The third kappa shape index (κ3) is 4.42. The van der Waals surface area contributed by atoms with Crippen LogP contribution in [-0.4, -0.2) is 20.7 Å². The zero-order chi connectivity index (χ0) is 21.3. The topological polar surface area (TPSA) is 73.0 Å². The van der Waals surface area contributed by atoms with E-state index in [0.717, 1.165) is 12.5 Å². The molecule has 0 radical (unpaired) electrons. The Morgan fingerprint density at radius 3 is 2.90 bits per heavy atom. The lowest BCUT2D eigenvalue weighted by atomic mass is 10.1. The van der Waals surface area contributed by atoms with Crippen LogP contribution >= 0.6 is 22.9 Å². The van der Waals surface area contributed by atoms with Gasteiger partial charge in [0.25, 0.3) is 5.91 Å². The predicted molar refractivity (Wildman–Crippen MR) is 110 cm³/mol. The van der Waals surface area contributed by atoms with E-state index >= 15 is 0 Å². The molecule has 4 rings (SSSR count). The lowest BCUT2D eigenvalue weighted by Gasteiger charge is -2.05. The van der Waals surface area contributed by atoms with Crippen LogP contribution < -0.4 is 5.32 Å². The second kappa shape index (κ2) is 8.00. The first-order valence-electron chi connectivity index (χ1n) is 8.80. The van der Waals surface area contributed by atoms with Crippen molar-refractivity contribution in [2.45, 2.75) is 19.4 Å². The fraction of sp³-hybridized carbons (Fsp3) is 0.150. The molecule has 3 heterocycles. The van der Waals surface area contributed by atoms with E-state index in [1.807, 2.05) is 6.07 Å². The van der Waals surface area contributed by atoms with Gasteiger partial charge in [-0.15, -0.1) is 11.3 Å². The lowest BCUT2D eigenvalue weighted by molar-refractivity contribution is -0.00636. The van der Waals surface area contributed by atoms with Crippen molar-refractivity contribution >= 4 is 34.5 Å². The van der Waals surface area contributed by atoms with Gasteiger partial charge in [0, 0.05) is 18.1 Å². The molecular formula is C20H15ClF2N4O2S. The van der Waals surface area contributed by atoms with Gasteiger partial charge < -0.3 is 9.73 Å². The molecule has 6 nitrogen and oxygen atoms in total. The van der Waals surface area contributed by atoms with Crippen LogP contribution in [0.25, 0.3) is 10.4 Å². The molecule has 0 aliphatic carbocycles. The van der Waals surface area contributed by atoms with E-state index in [1.54, 1.807) is 29.9 Å². The number of nitrogens with zero attached hydrogens (tertiary/aromatic N) is 3. The molecule has 1 aromatic carbocycles. The molecule has 0 spiro atoms. The van der Waals surface area contributed by atoms with Gasteiger partial charge in [-0.3, -0.25) is 9.48 Å². The molecule has 0 aliphatic heterocycles. The van der Waals surface area contributed by atoms with Crippen LogP contribution in [0.3, 0.4) is 0 Å². The standard InChI is InChI=1S/C20H15ClF2N4O2S/c1-20(22,23)16-6-5-15(29-16)10-27-9-14(8-25-27)26-19(28)17-18(30-11-24-17)12-3-2-4-13(21)7-12/h2-9,11H,10H2,1H3,(H,26,28). The van der Waals surface area contributed by atoms with E-state index in [4.69, 9.17) is 16.0 Å². The first-order valence-corrected chi connectivity index (χ1v) is 10.1. The smallest absolute Gasteiger partial charge is 0.301 e. The first kappa shape index (κ1) is 20.2. The van der Waals surface area contributed by atoms with E-state index in [0.29, 0.717) is 21.3 Å². The summed E-state index contributed by atoms with van der Waals surface area (Å²) in [5.74, 6) is -3.52. The van der Waals surface area contributed by atoms with Crippen LogP contribution in [0.2, 0.25) is 5.02 Å². The monoisotopic (exact) mass is 448 g/mol. The number of aromatic nitrogens is 3. The Kier molecular flexibility index (Phi) is 5.40. The van der Waals surface area contributed by atoms with E-state index in [9.17, 15) is 13.6 Å². The lowest BCUT2D eigenvalue weighted by Crippen LogP contribution is -2.13. The molecule has 4 aromatic rings. The van der Waals surface area contributed by atoms with Crippen molar-refractivity contribution < 1.29 is 18.0 Å². The van der Waals surface area contributed by atoms with Crippen LogP contribution in [0.4, 0.5) is 14.5 Å². The molecule has 10 heteroatoms. The number of rotatable bonds is 6. The Balaban J connectivity index is 1.46. The minimum atomic E-state index is -3.05. The highest BCUT2D eigenvalue weighted by Gasteiger charge is 2.28. The Morgan fingerprint density at radius 1 is 1.33 bits per heavy atom. The second-order valence-corrected chi connectivity index (χ2v) is 7.87. The number of hydrogen-bond donors (Lipinski definition) is 1. The van der Waals surface area contributed by atoms with E-state index < -0.39 is 17.6 Å². The summed E-state index contributed by atoms with van der Waals surface area (Å²) in [6.07, 6.45) is 3.04. The van der Waals surface area contributed by atoms with Gasteiger partial charge in [0.1, 0.15) is 11.5 Å². The normalized spacial score (nSPS) is 11.6. The fourth-order valence-corrected chi connectivity index (χ4v) is 3.78. The number of nitrogens with one attached hydrogen (secondary N) is 1. The van der Waals surface area contributed by atoms with Gasteiger partial charge in [0.2, 0.25) is 0 Å². The van der Waals surface area contributed by atoms with Gasteiger partial charge >= 0.3 is 5.92 Å². The molecule has 0 unspecified atom stereocenters. The summed E-state index contributed by atoms with van der Waals surface area (Å²) in [6.45, 7) is 0.920. The Bertz CT molecular complexity index is 1200. The van der Waals surface area contributed by atoms with Gasteiger partial charge in [0.05, 0.1) is 28.8 Å². The summed E-state index contributed by atoms with van der Waals surface area (Å²) in [4.78, 5) is 17.6. The number of alkyl halides is 2. The highest BCUT2D eigenvalue weighted by Crippen LogP contribution is 2.30. The molecule has 30 heavy (non-hydrogen) atoms. The number of halogens is 3. The summed E-state index contributed by atoms with van der Waals surface area (Å²) in [5, 5.41) is 7.44. The summed E-state index contributed by atoms with van der Waals surface area (Å²) >= 11 is 7.38. The number of furan rings is 1. The van der Waals surface area contributed by atoms with Crippen LogP contribution in [0.1, 0.15) is 28.9 Å². The van der Waals surface area contributed by atoms with Gasteiger partial charge in [-0.1, -0.05) is 23.7 Å². The second-order valence-electron chi connectivity index (χ2n) is 6.58. The maximum absolute atomic E-state index is 13.3. The summed E-state index contributed by atoms with van der Waals surface area (Å²) in [7, 11) is 0. The average molecular weight is 449 g/mol. The van der Waals surface area contributed by atoms with Gasteiger partial charge in [-0.05, 0) is 29.8 Å².